The lowest BCUT2D eigenvalue weighted by molar-refractivity contribution is -0.151. The van der Waals surface area contributed by atoms with E-state index in [4.69, 9.17) is 0 Å². The fourth-order valence-corrected chi connectivity index (χ4v) is 10.9. The van der Waals surface area contributed by atoms with Crippen molar-refractivity contribution in [3.05, 3.63) is 91.0 Å². The molecule has 0 bridgehead atoms. The van der Waals surface area contributed by atoms with Crippen LogP contribution in [0.4, 0.5) is 26.3 Å². The van der Waals surface area contributed by atoms with Crippen molar-refractivity contribution in [3.63, 3.8) is 0 Å². The summed E-state index contributed by atoms with van der Waals surface area (Å²) in [7, 11) is -24.2. The van der Waals surface area contributed by atoms with Gasteiger partial charge in [-0.1, -0.05) is 54.6 Å². The van der Waals surface area contributed by atoms with Gasteiger partial charge in [0.1, 0.15) is 17.2 Å². The molecule has 0 aromatic heterocycles. The molecule has 0 N–H and O–H groups in total. The molecule has 0 heterocycles. The highest BCUT2D eigenvalue weighted by Gasteiger charge is 2.76. The highest BCUT2D eigenvalue weighted by Crippen LogP contribution is 2.43. The van der Waals surface area contributed by atoms with Crippen molar-refractivity contribution in [1.82, 2.24) is 0 Å². The molecule has 0 atom stereocenters. The number of esters is 3. The van der Waals surface area contributed by atoms with Gasteiger partial charge >= 0.3 is 33.7 Å². The van der Waals surface area contributed by atoms with Crippen LogP contribution in [0.5, 0.6) is 17.2 Å². The average molecular weight is 719 g/mol. The van der Waals surface area contributed by atoms with Crippen molar-refractivity contribution >= 4 is 47.4 Å². The van der Waals surface area contributed by atoms with Gasteiger partial charge in [0.2, 0.25) is 0 Å². The normalized spacial score (nSPS) is 13.1. The number of hydrogen-bond acceptors (Lipinski definition) is 12. The molecule has 46 heavy (non-hydrogen) atoms. The Morgan fingerprint density at radius 2 is 0.630 bits per heavy atom. The van der Waals surface area contributed by atoms with Gasteiger partial charge in [0.15, 0.2) is 0 Å². The second-order valence-electron chi connectivity index (χ2n) is 8.58. The molecule has 21 heteroatoms. The van der Waals surface area contributed by atoms with Crippen molar-refractivity contribution in [1.29, 1.82) is 0 Å². The first-order valence-corrected chi connectivity index (χ1v) is 16.4. The number of carbonyl (C=O) groups excluding carboxylic acids is 3. The fourth-order valence-electron chi connectivity index (χ4n) is 3.18. The molecule has 248 valence electrons. The maximum atomic E-state index is 15.2. The molecule has 0 unspecified atom stereocenters. The third-order valence-corrected chi connectivity index (χ3v) is 14.1. The lowest BCUT2D eigenvalue weighted by Gasteiger charge is -2.27. The SMILES string of the molecule is O=C(Oc1ccccc1)C(F)(F)S(=O)(=O)C(S(=O)(=O)C(F)(F)C(=O)Oc1ccccc1)S(=O)(=O)C(F)(F)C(=O)Oc1ccccc1. The van der Waals surface area contributed by atoms with Gasteiger partial charge < -0.3 is 14.2 Å². The van der Waals surface area contributed by atoms with E-state index in [9.17, 15) is 39.6 Å². The predicted octanol–water partition coefficient (Wildman–Crippen LogP) is 3.11. The molecule has 0 radical (unpaired) electrons. The summed E-state index contributed by atoms with van der Waals surface area (Å²) >= 11 is 0. The van der Waals surface area contributed by atoms with Crippen molar-refractivity contribution in [2.45, 2.75) is 19.7 Å². The molecule has 0 saturated carbocycles. The summed E-state index contributed by atoms with van der Waals surface area (Å²) in [6.07, 6.45) is 0. The van der Waals surface area contributed by atoms with Crippen molar-refractivity contribution in [2.75, 3.05) is 0 Å². The minimum Gasteiger partial charge on any atom is -0.421 e. The zero-order valence-corrected chi connectivity index (χ0v) is 24.6. The second-order valence-corrected chi connectivity index (χ2v) is 15.7. The zero-order valence-electron chi connectivity index (χ0n) is 22.1. The molecule has 0 aliphatic rings. The number of rotatable bonds is 12. The standard InChI is InChI=1S/C25H16F6O12S3/c26-23(27,19(32)41-16-10-4-1-5-11-16)44(35,36)22(45(37,38)24(28,29)20(33)42-17-12-6-2-7-13-17)46(39,40)25(30,31)21(34)43-18-14-8-3-9-15-18/h1-15,22H. The lowest BCUT2D eigenvalue weighted by atomic mass is 10.3. The first-order chi connectivity index (χ1) is 21.1. The van der Waals surface area contributed by atoms with Crippen LogP contribution in [-0.2, 0) is 43.9 Å². The quantitative estimate of drug-likeness (QED) is 0.152. The van der Waals surface area contributed by atoms with Crippen LogP contribution in [0.15, 0.2) is 91.0 Å². The van der Waals surface area contributed by atoms with Crippen LogP contribution in [0.3, 0.4) is 0 Å². The molecule has 3 rings (SSSR count). The van der Waals surface area contributed by atoms with E-state index in [1.54, 1.807) is 0 Å². The van der Waals surface area contributed by atoms with Gasteiger partial charge in [-0.3, -0.25) is 0 Å². The van der Waals surface area contributed by atoms with Crippen LogP contribution in [0.2, 0.25) is 0 Å². The van der Waals surface area contributed by atoms with E-state index in [0.29, 0.717) is 0 Å². The summed E-state index contributed by atoms with van der Waals surface area (Å²) in [5.41, 5.74) is 0. The Morgan fingerprint density at radius 3 is 0.826 bits per heavy atom. The number of ether oxygens (including phenoxy) is 3. The molecule has 3 aromatic rings. The molecule has 3 aromatic carbocycles. The highest BCUT2D eigenvalue weighted by molar-refractivity contribution is 8.25. The van der Waals surface area contributed by atoms with Crippen LogP contribution in [0.25, 0.3) is 0 Å². The second kappa shape index (κ2) is 12.7. The number of alkyl halides is 6. The van der Waals surface area contributed by atoms with Crippen molar-refractivity contribution < 1.29 is 80.2 Å². The first-order valence-electron chi connectivity index (χ1n) is 11.8. The van der Waals surface area contributed by atoms with E-state index in [0.717, 1.165) is 72.8 Å². The molecule has 0 fully saturated rings. The van der Waals surface area contributed by atoms with E-state index in [1.165, 1.54) is 18.2 Å². The fraction of sp³-hybridized carbons (Fsp3) is 0.160. The molecule has 0 aliphatic heterocycles. The number of carbonyl (C=O) groups is 3. The third-order valence-electron chi connectivity index (χ3n) is 5.41. The number of sulfone groups is 3. The maximum Gasteiger partial charge on any atom is 0.442 e. The van der Waals surface area contributed by atoms with E-state index in [1.807, 2.05) is 0 Å². The van der Waals surface area contributed by atoms with Gasteiger partial charge in [-0.15, -0.1) is 0 Å². The number of halogens is 6. The largest absolute Gasteiger partial charge is 0.442 e. The van der Waals surface area contributed by atoms with E-state index in [2.05, 4.69) is 14.2 Å². The summed E-state index contributed by atoms with van der Waals surface area (Å²) < 4.78 is 175. The molecule has 0 amide bonds. The summed E-state index contributed by atoms with van der Waals surface area (Å²) in [6, 6.07) is 14.3. The summed E-state index contributed by atoms with van der Waals surface area (Å²) in [4.78, 5) is 36.6. The molecule has 0 spiro atoms. The van der Waals surface area contributed by atoms with Crippen LogP contribution in [0.1, 0.15) is 0 Å². The van der Waals surface area contributed by atoms with Gasteiger partial charge in [-0.2, -0.15) is 26.3 Å². The molecule has 0 saturated heterocycles. The van der Waals surface area contributed by atoms with Crippen molar-refractivity contribution in [2.24, 2.45) is 0 Å². The van der Waals surface area contributed by atoms with E-state index >= 15 is 26.3 Å². The highest BCUT2D eigenvalue weighted by atomic mass is 32.3. The van der Waals surface area contributed by atoms with Crippen molar-refractivity contribution in [3.8, 4) is 17.2 Å². The van der Waals surface area contributed by atoms with E-state index in [-0.39, 0.29) is 0 Å². The Hall–Kier alpha value is -4.50. The number of para-hydroxylation sites is 3. The van der Waals surface area contributed by atoms with Crippen LogP contribution in [-0.4, -0.2) is 62.8 Å². The van der Waals surface area contributed by atoms with Gasteiger partial charge in [0, 0.05) is 0 Å². The summed E-state index contributed by atoms with van der Waals surface area (Å²) in [5.74, 6) is -12.7. The molecule has 0 aliphatic carbocycles. The predicted molar refractivity (Wildman–Crippen MR) is 142 cm³/mol. The molecular formula is C25H16F6O12S3. The Kier molecular flexibility index (Phi) is 9.94. The first kappa shape index (κ1) is 36.0. The summed E-state index contributed by atoms with van der Waals surface area (Å²) in [5, 5.41) is -19.6. The number of hydrogen-bond donors (Lipinski definition) is 0. The van der Waals surface area contributed by atoms with E-state index < -0.39 is 84.3 Å². The van der Waals surface area contributed by atoms with Gasteiger partial charge in [0.05, 0.1) is 0 Å². The number of benzene rings is 3. The average Bonchev–Trinajstić information content (AvgIpc) is 2.97. The maximum absolute atomic E-state index is 15.2. The van der Waals surface area contributed by atoms with Crippen LogP contribution in [0, 0.1) is 0 Å². The minimum absolute atomic E-state index is 0.743. The molecular weight excluding hydrogens is 702 g/mol. The van der Waals surface area contributed by atoms with Gasteiger partial charge in [-0.25, -0.2) is 39.6 Å². The van der Waals surface area contributed by atoms with Gasteiger partial charge in [-0.05, 0) is 36.4 Å². The van der Waals surface area contributed by atoms with Gasteiger partial charge in [0.25, 0.3) is 33.4 Å². The Morgan fingerprint density at radius 1 is 0.435 bits per heavy atom. The summed E-state index contributed by atoms with van der Waals surface area (Å²) in [6.45, 7) is 0. The smallest absolute Gasteiger partial charge is 0.421 e. The molecule has 12 nitrogen and oxygen atoms in total. The Bertz CT molecular complexity index is 1710. The monoisotopic (exact) mass is 718 g/mol. The Balaban J connectivity index is 2.23. The zero-order chi connectivity index (χ0) is 34.8. The minimum atomic E-state index is -8.07. The lowest BCUT2D eigenvalue weighted by Crippen LogP contribution is -2.60. The Labute approximate surface area is 255 Å². The third kappa shape index (κ3) is 6.56. The van der Waals surface area contributed by atoms with Crippen LogP contribution >= 0.6 is 0 Å². The van der Waals surface area contributed by atoms with Crippen LogP contribution < -0.4 is 14.2 Å². The topological polar surface area (TPSA) is 181 Å².